The second-order valence-electron chi connectivity index (χ2n) is 6.36. The molecule has 0 bridgehead atoms. The highest BCUT2D eigenvalue weighted by Gasteiger charge is 2.42. The molecule has 0 N–H and O–H groups in total. The minimum Gasteiger partial charge on any atom is -0.299 e. The number of nitrogens with zero attached hydrogens (tertiary/aromatic N) is 1. The Morgan fingerprint density at radius 2 is 1.84 bits per heavy atom. The molecule has 19 heavy (non-hydrogen) atoms. The molecule has 0 radical (unpaired) electrons. The zero-order valence-corrected chi connectivity index (χ0v) is 12.2. The fourth-order valence-electron chi connectivity index (χ4n) is 3.61. The van der Waals surface area contributed by atoms with Crippen LogP contribution in [0.1, 0.15) is 51.4 Å². The van der Waals surface area contributed by atoms with Crippen molar-refractivity contribution in [2.45, 2.75) is 57.4 Å². The Hall–Kier alpha value is -0.420. The first-order valence-corrected chi connectivity index (χ1v) is 9.21. The first kappa shape index (κ1) is 13.6. The topological polar surface area (TPSA) is 54.5 Å². The third-order valence-electron chi connectivity index (χ3n) is 4.82. The van der Waals surface area contributed by atoms with Gasteiger partial charge in [0, 0.05) is 24.9 Å². The van der Waals surface area contributed by atoms with E-state index in [0.29, 0.717) is 30.4 Å². The van der Waals surface area contributed by atoms with Crippen molar-refractivity contribution in [3.8, 4) is 0 Å². The molecule has 4 nitrogen and oxygen atoms in total. The Bertz CT molecular complexity index is 455. The average molecular weight is 285 g/mol. The molecule has 3 rings (SSSR count). The normalized spacial score (nSPS) is 33.8. The highest BCUT2D eigenvalue weighted by Crippen LogP contribution is 2.37. The van der Waals surface area contributed by atoms with Gasteiger partial charge in [-0.05, 0) is 44.4 Å². The van der Waals surface area contributed by atoms with Crippen molar-refractivity contribution in [3.63, 3.8) is 0 Å². The summed E-state index contributed by atoms with van der Waals surface area (Å²) in [5, 5.41) is 0. The van der Waals surface area contributed by atoms with E-state index in [4.69, 9.17) is 0 Å². The number of hydrogen-bond donors (Lipinski definition) is 0. The van der Waals surface area contributed by atoms with E-state index in [1.807, 2.05) is 0 Å². The van der Waals surface area contributed by atoms with Crippen LogP contribution in [-0.4, -0.2) is 36.8 Å². The fourth-order valence-corrected chi connectivity index (χ4v) is 5.80. The number of hydrogen-bond acceptors (Lipinski definition) is 3. The summed E-state index contributed by atoms with van der Waals surface area (Å²) in [4.78, 5) is 12.0. The lowest BCUT2D eigenvalue weighted by atomic mass is 9.90. The van der Waals surface area contributed by atoms with Crippen molar-refractivity contribution in [1.82, 2.24) is 4.31 Å². The SMILES string of the molecule is O=C1CCCC1C1CCCCN1S(=O)(=O)CC1CC1. The molecule has 3 aliphatic rings. The van der Waals surface area contributed by atoms with Gasteiger partial charge in [-0.2, -0.15) is 4.31 Å². The van der Waals surface area contributed by atoms with E-state index in [0.717, 1.165) is 44.9 Å². The van der Waals surface area contributed by atoms with E-state index in [9.17, 15) is 13.2 Å². The molecule has 0 amide bonds. The average Bonchev–Trinajstić information content (AvgIpc) is 3.07. The van der Waals surface area contributed by atoms with E-state index in [-0.39, 0.29) is 12.0 Å². The molecule has 3 fully saturated rings. The highest BCUT2D eigenvalue weighted by atomic mass is 32.2. The molecule has 0 spiro atoms. The Labute approximate surface area is 115 Å². The van der Waals surface area contributed by atoms with Gasteiger partial charge in [0.25, 0.3) is 0 Å². The lowest BCUT2D eigenvalue weighted by molar-refractivity contribution is -0.122. The van der Waals surface area contributed by atoms with Gasteiger partial charge in [0.1, 0.15) is 5.78 Å². The molecular formula is C14H23NO3S. The van der Waals surface area contributed by atoms with Gasteiger partial charge in [-0.25, -0.2) is 8.42 Å². The van der Waals surface area contributed by atoms with Gasteiger partial charge in [-0.15, -0.1) is 0 Å². The molecule has 1 aliphatic heterocycles. The number of rotatable bonds is 4. The number of sulfonamides is 1. The molecule has 2 saturated carbocycles. The van der Waals surface area contributed by atoms with Crippen molar-refractivity contribution in [2.24, 2.45) is 11.8 Å². The van der Waals surface area contributed by atoms with E-state index in [2.05, 4.69) is 0 Å². The Balaban J connectivity index is 1.78. The number of ketones is 1. The summed E-state index contributed by atoms with van der Waals surface area (Å²) in [6, 6.07) is -0.0347. The molecule has 1 heterocycles. The van der Waals surface area contributed by atoms with E-state index in [1.54, 1.807) is 4.31 Å². The van der Waals surface area contributed by atoms with Gasteiger partial charge in [0.15, 0.2) is 0 Å². The van der Waals surface area contributed by atoms with Crippen molar-refractivity contribution >= 4 is 15.8 Å². The van der Waals surface area contributed by atoms with Gasteiger partial charge < -0.3 is 0 Å². The van der Waals surface area contributed by atoms with Crippen LogP contribution >= 0.6 is 0 Å². The van der Waals surface area contributed by atoms with E-state index in [1.165, 1.54) is 0 Å². The number of carbonyl (C=O) groups is 1. The minimum atomic E-state index is -3.15. The third-order valence-corrected chi connectivity index (χ3v) is 6.88. The molecule has 0 aromatic rings. The Kier molecular flexibility index (Phi) is 3.69. The van der Waals surface area contributed by atoms with Gasteiger partial charge in [0.2, 0.25) is 10.0 Å². The largest absolute Gasteiger partial charge is 0.299 e. The van der Waals surface area contributed by atoms with Gasteiger partial charge in [0.05, 0.1) is 5.75 Å². The summed E-state index contributed by atoms with van der Waals surface area (Å²) in [6.45, 7) is 0.628. The zero-order valence-electron chi connectivity index (χ0n) is 11.4. The monoisotopic (exact) mass is 285 g/mol. The van der Waals surface area contributed by atoms with E-state index < -0.39 is 10.0 Å². The van der Waals surface area contributed by atoms with Crippen molar-refractivity contribution in [2.75, 3.05) is 12.3 Å². The second-order valence-corrected chi connectivity index (χ2v) is 8.33. The van der Waals surface area contributed by atoms with Crippen LogP contribution in [-0.2, 0) is 14.8 Å². The first-order chi connectivity index (χ1) is 9.08. The van der Waals surface area contributed by atoms with Crippen LogP contribution in [0.5, 0.6) is 0 Å². The molecule has 108 valence electrons. The van der Waals surface area contributed by atoms with E-state index >= 15 is 0 Å². The number of Topliss-reactive ketones (excluding diaryl/α,β-unsaturated/α-hetero) is 1. The molecule has 5 heteroatoms. The maximum atomic E-state index is 12.5. The minimum absolute atomic E-state index is 0.0192. The third kappa shape index (κ3) is 2.87. The molecule has 0 aromatic carbocycles. The second kappa shape index (κ2) is 5.17. The van der Waals surface area contributed by atoms with Gasteiger partial charge in [-0.1, -0.05) is 6.42 Å². The maximum Gasteiger partial charge on any atom is 0.214 e. The number of carbonyl (C=O) groups excluding carboxylic acids is 1. The predicted octanol–water partition coefficient (Wildman–Crippen LogP) is 1.95. The first-order valence-electron chi connectivity index (χ1n) is 7.60. The summed E-state index contributed by atoms with van der Waals surface area (Å²) in [5.41, 5.74) is 0. The molecule has 2 aliphatic carbocycles. The lowest BCUT2D eigenvalue weighted by Crippen LogP contribution is -2.49. The summed E-state index contributed by atoms with van der Waals surface area (Å²) in [7, 11) is -3.15. The zero-order chi connectivity index (χ0) is 13.5. The van der Waals surface area contributed by atoms with Crippen LogP contribution in [0.2, 0.25) is 0 Å². The molecule has 0 aromatic heterocycles. The van der Waals surface area contributed by atoms with Crippen molar-refractivity contribution in [1.29, 1.82) is 0 Å². The highest BCUT2D eigenvalue weighted by molar-refractivity contribution is 7.89. The van der Waals surface area contributed by atoms with Crippen LogP contribution in [0, 0.1) is 11.8 Å². The fraction of sp³-hybridized carbons (Fsp3) is 0.929. The maximum absolute atomic E-state index is 12.5. The van der Waals surface area contributed by atoms with Crippen molar-refractivity contribution in [3.05, 3.63) is 0 Å². The molecule has 2 unspecified atom stereocenters. The van der Waals surface area contributed by atoms with Crippen molar-refractivity contribution < 1.29 is 13.2 Å². The smallest absolute Gasteiger partial charge is 0.214 e. The Morgan fingerprint density at radius 3 is 2.47 bits per heavy atom. The summed E-state index contributed by atoms with van der Waals surface area (Å²) < 4.78 is 26.7. The summed E-state index contributed by atoms with van der Waals surface area (Å²) in [5.74, 6) is 0.962. The van der Waals surface area contributed by atoms with Crippen LogP contribution < -0.4 is 0 Å². The quantitative estimate of drug-likeness (QED) is 0.793. The van der Waals surface area contributed by atoms with Crippen LogP contribution in [0.3, 0.4) is 0 Å². The van der Waals surface area contributed by atoms with Gasteiger partial charge in [-0.3, -0.25) is 4.79 Å². The van der Waals surface area contributed by atoms with Gasteiger partial charge >= 0.3 is 0 Å². The standard InChI is InChI=1S/C14H23NO3S/c16-14-6-3-4-12(14)13-5-1-2-9-15(13)19(17,18)10-11-7-8-11/h11-13H,1-10H2. The van der Waals surface area contributed by atoms with Crippen LogP contribution in [0.4, 0.5) is 0 Å². The molecule has 1 saturated heterocycles. The lowest BCUT2D eigenvalue weighted by Gasteiger charge is -2.37. The predicted molar refractivity (Wildman–Crippen MR) is 73.2 cm³/mol. The van der Waals surface area contributed by atoms with Crippen LogP contribution in [0.25, 0.3) is 0 Å². The molecular weight excluding hydrogens is 262 g/mol. The molecule has 2 atom stereocenters. The number of piperidine rings is 1. The summed E-state index contributed by atoms with van der Waals surface area (Å²) in [6.07, 6.45) is 7.47. The Morgan fingerprint density at radius 1 is 1.05 bits per heavy atom. The summed E-state index contributed by atoms with van der Waals surface area (Å²) >= 11 is 0. The van der Waals surface area contributed by atoms with Crippen LogP contribution in [0.15, 0.2) is 0 Å².